The average Bonchev–Trinajstić information content (AvgIpc) is 3.25. The zero-order valence-electron chi connectivity index (χ0n) is 14.1. The number of nitrogens with one attached hydrogen (secondary N) is 1. The predicted octanol–water partition coefficient (Wildman–Crippen LogP) is 3.94. The molecule has 0 bridgehead atoms. The first-order valence-corrected chi connectivity index (χ1v) is 11.0. The molecule has 0 atom stereocenters. The van der Waals surface area contributed by atoms with Crippen LogP contribution in [0, 0.1) is 0 Å². The summed E-state index contributed by atoms with van der Waals surface area (Å²) in [5.74, 6) is 0. The third-order valence-electron chi connectivity index (χ3n) is 4.14. The summed E-state index contributed by atoms with van der Waals surface area (Å²) in [6.45, 7) is 1.94. The molecule has 0 radical (unpaired) electrons. The van der Waals surface area contributed by atoms with Crippen LogP contribution >= 0.6 is 22.9 Å². The molecule has 1 aromatic heterocycles. The second-order valence-electron chi connectivity index (χ2n) is 6.11. The second kappa shape index (κ2) is 7.94. The summed E-state index contributed by atoms with van der Waals surface area (Å²) in [5.41, 5.74) is -0.332. The molecular formula is C16H17ClF3N3O2S2. The van der Waals surface area contributed by atoms with E-state index in [2.05, 4.69) is 14.6 Å². The summed E-state index contributed by atoms with van der Waals surface area (Å²) in [7, 11) is -4.17. The molecule has 11 heteroatoms. The van der Waals surface area contributed by atoms with Crippen molar-refractivity contribution in [1.29, 1.82) is 0 Å². The van der Waals surface area contributed by atoms with Crippen molar-refractivity contribution in [3.05, 3.63) is 39.9 Å². The Hall–Kier alpha value is -1.36. The number of anilines is 1. The number of nitrogens with zero attached hydrogens (tertiary/aromatic N) is 2. The van der Waals surface area contributed by atoms with Crippen LogP contribution < -0.4 is 9.62 Å². The maximum absolute atomic E-state index is 12.8. The van der Waals surface area contributed by atoms with E-state index in [1.54, 1.807) is 0 Å². The van der Waals surface area contributed by atoms with Crippen LogP contribution in [0.25, 0.3) is 0 Å². The number of benzene rings is 1. The highest BCUT2D eigenvalue weighted by Crippen LogP contribution is 2.33. The van der Waals surface area contributed by atoms with Gasteiger partial charge in [-0.05, 0) is 31.0 Å². The Morgan fingerprint density at radius 3 is 2.63 bits per heavy atom. The molecule has 1 aromatic carbocycles. The molecule has 2 heterocycles. The molecule has 27 heavy (non-hydrogen) atoms. The number of sulfonamides is 1. The van der Waals surface area contributed by atoms with Crippen molar-refractivity contribution in [1.82, 2.24) is 9.71 Å². The summed E-state index contributed by atoms with van der Waals surface area (Å²) in [4.78, 5) is 6.08. The first-order chi connectivity index (χ1) is 12.7. The number of hydrogen-bond donors (Lipinski definition) is 1. The number of alkyl halides is 3. The lowest BCUT2D eigenvalue weighted by Gasteiger charge is -2.12. The largest absolute Gasteiger partial charge is 0.416 e. The van der Waals surface area contributed by atoms with E-state index in [-0.39, 0.29) is 11.6 Å². The topological polar surface area (TPSA) is 62.3 Å². The van der Waals surface area contributed by atoms with Gasteiger partial charge in [0.25, 0.3) is 0 Å². The van der Waals surface area contributed by atoms with Crippen LogP contribution in [-0.2, 0) is 22.6 Å². The minimum Gasteiger partial charge on any atom is -0.348 e. The first-order valence-electron chi connectivity index (χ1n) is 8.22. The highest BCUT2D eigenvalue weighted by atomic mass is 35.5. The highest BCUT2D eigenvalue weighted by molar-refractivity contribution is 7.89. The van der Waals surface area contributed by atoms with Gasteiger partial charge in [0, 0.05) is 31.4 Å². The molecule has 5 nitrogen and oxygen atoms in total. The lowest BCUT2D eigenvalue weighted by atomic mass is 10.2. The molecule has 1 aliphatic heterocycles. The lowest BCUT2D eigenvalue weighted by molar-refractivity contribution is -0.137. The zero-order valence-corrected chi connectivity index (χ0v) is 16.5. The van der Waals surface area contributed by atoms with Crippen molar-refractivity contribution in [3.8, 4) is 0 Å². The summed E-state index contributed by atoms with van der Waals surface area (Å²) in [6.07, 6.45) is -2.06. The number of thiazole rings is 1. The molecule has 0 unspecified atom stereocenters. The van der Waals surface area contributed by atoms with Crippen LogP contribution in [0.2, 0.25) is 5.02 Å². The molecule has 1 saturated heterocycles. The maximum Gasteiger partial charge on any atom is 0.416 e. The molecule has 0 saturated carbocycles. The number of aromatic nitrogens is 1. The minimum atomic E-state index is -4.65. The van der Waals surface area contributed by atoms with Crippen molar-refractivity contribution < 1.29 is 21.6 Å². The van der Waals surface area contributed by atoms with Crippen LogP contribution in [0.3, 0.4) is 0 Å². The quantitative estimate of drug-likeness (QED) is 0.740. The summed E-state index contributed by atoms with van der Waals surface area (Å²) < 4.78 is 65.5. The van der Waals surface area contributed by atoms with Crippen LogP contribution in [0.1, 0.15) is 24.1 Å². The van der Waals surface area contributed by atoms with Crippen molar-refractivity contribution in [3.63, 3.8) is 0 Å². The first kappa shape index (κ1) is 20.4. The SMILES string of the molecule is O=S(=O)(NCCc1csc(N2CCCC2)n1)c1cc(C(F)(F)F)ccc1Cl. The molecule has 1 fully saturated rings. The van der Waals surface area contributed by atoms with E-state index in [0.29, 0.717) is 12.5 Å². The minimum absolute atomic E-state index is 0.0120. The second-order valence-corrected chi connectivity index (χ2v) is 9.09. The van der Waals surface area contributed by atoms with Gasteiger partial charge < -0.3 is 4.90 Å². The van der Waals surface area contributed by atoms with Gasteiger partial charge in [0.05, 0.1) is 16.3 Å². The smallest absolute Gasteiger partial charge is 0.348 e. The summed E-state index contributed by atoms with van der Waals surface area (Å²) >= 11 is 7.30. The highest BCUT2D eigenvalue weighted by Gasteiger charge is 2.32. The van der Waals surface area contributed by atoms with Crippen LogP contribution in [-0.4, -0.2) is 33.0 Å². The van der Waals surface area contributed by atoms with Gasteiger partial charge in [-0.1, -0.05) is 11.6 Å². The van der Waals surface area contributed by atoms with E-state index in [9.17, 15) is 21.6 Å². The Morgan fingerprint density at radius 1 is 1.26 bits per heavy atom. The molecule has 1 N–H and O–H groups in total. The number of halogens is 4. The third-order valence-corrected chi connectivity index (χ3v) is 7.03. The molecule has 2 aromatic rings. The van der Waals surface area contributed by atoms with Crippen molar-refractivity contribution in [2.75, 3.05) is 24.5 Å². The molecule has 0 aliphatic carbocycles. The van der Waals surface area contributed by atoms with Crippen molar-refractivity contribution in [2.45, 2.75) is 30.3 Å². The number of rotatable bonds is 6. The number of hydrogen-bond acceptors (Lipinski definition) is 5. The monoisotopic (exact) mass is 439 g/mol. The normalized spacial score (nSPS) is 15.5. The van der Waals surface area contributed by atoms with Gasteiger partial charge in [0.2, 0.25) is 10.0 Å². The van der Waals surface area contributed by atoms with Gasteiger partial charge in [-0.2, -0.15) is 13.2 Å². The fourth-order valence-corrected chi connectivity index (χ4v) is 5.21. The fourth-order valence-electron chi connectivity index (χ4n) is 2.74. The average molecular weight is 440 g/mol. The molecule has 1 aliphatic rings. The maximum atomic E-state index is 12.8. The van der Waals surface area contributed by atoms with E-state index in [1.165, 1.54) is 11.3 Å². The molecule has 148 valence electrons. The van der Waals surface area contributed by atoms with Crippen LogP contribution in [0.5, 0.6) is 0 Å². The van der Waals surface area contributed by atoms with Gasteiger partial charge >= 0.3 is 6.18 Å². The summed E-state index contributed by atoms with van der Waals surface area (Å²) in [5, 5.41) is 2.51. The van der Waals surface area contributed by atoms with Gasteiger partial charge in [-0.3, -0.25) is 0 Å². The van der Waals surface area contributed by atoms with Crippen LogP contribution in [0.15, 0.2) is 28.5 Å². The molecule has 0 spiro atoms. The Bertz CT molecular complexity index is 910. The van der Waals surface area contributed by atoms with E-state index >= 15 is 0 Å². The Kier molecular flexibility index (Phi) is 5.99. The summed E-state index contributed by atoms with van der Waals surface area (Å²) in [6, 6.07) is 2.22. The van der Waals surface area contributed by atoms with Gasteiger partial charge in [-0.15, -0.1) is 11.3 Å². The van der Waals surface area contributed by atoms with E-state index in [0.717, 1.165) is 48.9 Å². The molecule has 3 rings (SSSR count). The van der Waals surface area contributed by atoms with Gasteiger partial charge in [-0.25, -0.2) is 18.1 Å². The molecular weight excluding hydrogens is 423 g/mol. The fraction of sp³-hybridized carbons (Fsp3) is 0.438. The lowest BCUT2D eigenvalue weighted by Crippen LogP contribution is -2.26. The standard InChI is InChI=1S/C16H17ClF3N3O2S2/c17-13-4-3-11(16(18,19)20)9-14(13)27(24,25)21-6-5-12-10-26-15(22-12)23-7-1-2-8-23/h3-4,9-10,21H,1-2,5-8H2. The van der Waals surface area contributed by atoms with Crippen molar-refractivity contribution in [2.24, 2.45) is 0 Å². The van der Waals surface area contributed by atoms with E-state index in [4.69, 9.17) is 11.6 Å². The van der Waals surface area contributed by atoms with Gasteiger partial charge in [0.1, 0.15) is 4.90 Å². The van der Waals surface area contributed by atoms with Crippen LogP contribution in [0.4, 0.5) is 18.3 Å². The van der Waals surface area contributed by atoms with Crippen molar-refractivity contribution >= 4 is 38.1 Å². The zero-order chi connectivity index (χ0) is 19.7. The van der Waals surface area contributed by atoms with E-state index < -0.39 is 26.7 Å². The Labute approximate surface area is 164 Å². The van der Waals surface area contributed by atoms with E-state index in [1.807, 2.05) is 5.38 Å². The molecule has 0 amide bonds. The Morgan fingerprint density at radius 2 is 1.96 bits per heavy atom. The third kappa shape index (κ3) is 4.92. The van der Waals surface area contributed by atoms with Gasteiger partial charge in [0.15, 0.2) is 5.13 Å². The Balaban J connectivity index is 1.65. The predicted molar refractivity (Wildman–Crippen MR) is 98.9 cm³/mol.